The third-order valence-electron chi connectivity index (χ3n) is 1.53. The van der Waals surface area contributed by atoms with E-state index in [1.54, 1.807) is 0 Å². The third kappa shape index (κ3) is 1.82. The molecule has 10 heavy (non-hydrogen) atoms. The lowest BCUT2D eigenvalue weighted by Gasteiger charge is -1.98. The fraction of sp³-hybridized carbons (Fsp3) is 0.500. The van der Waals surface area contributed by atoms with Crippen LogP contribution in [0.1, 0.15) is 17.4 Å². The Morgan fingerprint density at radius 2 is 2.40 bits per heavy atom. The van der Waals surface area contributed by atoms with E-state index in [-0.39, 0.29) is 0 Å². The van der Waals surface area contributed by atoms with Gasteiger partial charge < -0.3 is 5.32 Å². The zero-order valence-corrected chi connectivity index (χ0v) is 7.29. The molecule has 1 nitrogen and oxygen atoms in total. The second kappa shape index (κ2) is 3.74. The van der Waals surface area contributed by atoms with E-state index in [0.29, 0.717) is 0 Å². The molecule has 0 saturated heterocycles. The quantitative estimate of drug-likeness (QED) is 0.705. The molecule has 1 aromatic heterocycles. The van der Waals surface area contributed by atoms with Gasteiger partial charge in [-0.15, -0.1) is 11.3 Å². The summed E-state index contributed by atoms with van der Waals surface area (Å²) in [5.74, 6) is 0. The molecular weight excluding hydrogens is 142 g/mol. The Labute approximate surface area is 66.1 Å². The molecule has 0 amide bonds. The van der Waals surface area contributed by atoms with E-state index < -0.39 is 0 Å². The fourth-order valence-corrected chi connectivity index (χ4v) is 1.58. The smallest absolute Gasteiger partial charge is 0.0216 e. The van der Waals surface area contributed by atoms with Crippen LogP contribution in [0.2, 0.25) is 0 Å². The monoisotopic (exact) mass is 155 g/mol. The molecule has 0 saturated carbocycles. The van der Waals surface area contributed by atoms with Crippen LogP contribution in [0.25, 0.3) is 0 Å². The number of thiophene rings is 1. The Balaban J connectivity index is 2.49. The first-order chi connectivity index (χ1) is 4.84. The number of rotatable bonds is 3. The summed E-state index contributed by atoms with van der Waals surface area (Å²) in [6.45, 7) is 6.36. The van der Waals surface area contributed by atoms with E-state index >= 15 is 0 Å². The number of aryl methyl sites for hydroxylation is 1. The third-order valence-corrected chi connectivity index (χ3v) is 2.42. The van der Waals surface area contributed by atoms with Crippen molar-refractivity contribution in [3.8, 4) is 0 Å². The van der Waals surface area contributed by atoms with E-state index in [1.165, 1.54) is 10.4 Å². The van der Waals surface area contributed by atoms with Crippen molar-refractivity contribution in [2.24, 2.45) is 0 Å². The van der Waals surface area contributed by atoms with Gasteiger partial charge in [0.2, 0.25) is 0 Å². The summed E-state index contributed by atoms with van der Waals surface area (Å²) in [6, 6.07) is 2.18. The molecule has 0 spiro atoms. The first-order valence-corrected chi connectivity index (χ1v) is 4.46. The van der Waals surface area contributed by atoms with Crippen LogP contribution in [0, 0.1) is 6.92 Å². The lowest BCUT2D eigenvalue weighted by Crippen LogP contribution is -2.11. The Kier molecular flexibility index (Phi) is 2.90. The van der Waals surface area contributed by atoms with Crippen LogP contribution in [-0.4, -0.2) is 6.54 Å². The second-order valence-electron chi connectivity index (χ2n) is 2.28. The van der Waals surface area contributed by atoms with Crippen molar-refractivity contribution in [1.29, 1.82) is 0 Å². The van der Waals surface area contributed by atoms with E-state index in [2.05, 4.69) is 30.6 Å². The summed E-state index contributed by atoms with van der Waals surface area (Å²) in [5, 5.41) is 5.44. The van der Waals surface area contributed by atoms with Gasteiger partial charge in [-0.05, 0) is 30.5 Å². The fourth-order valence-electron chi connectivity index (χ4n) is 0.854. The molecule has 1 aromatic rings. The van der Waals surface area contributed by atoms with Crippen LogP contribution >= 0.6 is 11.3 Å². The van der Waals surface area contributed by atoms with Gasteiger partial charge in [0.05, 0.1) is 0 Å². The number of hydrogen-bond acceptors (Lipinski definition) is 2. The Hall–Kier alpha value is -0.340. The van der Waals surface area contributed by atoms with Crippen molar-refractivity contribution < 1.29 is 0 Å². The topological polar surface area (TPSA) is 12.0 Å². The average molecular weight is 155 g/mol. The van der Waals surface area contributed by atoms with Gasteiger partial charge in [0.1, 0.15) is 0 Å². The molecule has 0 atom stereocenters. The van der Waals surface area contributed by atoms with Crippen molar-refractivity contribution in [3.05, 3.63) is 21.9 Å². The first kappa shape index (κ1) is 7.76. The predicted octanol–water partition coefficient (Wildman–Crippen LogP) is 2.17. The molecule has 1 heterocycles. The maximum Gasteiger partial charge on any atom is 0.0216 e. The highest BCUT2D eigenvalue weighted by atomic mass is 32.1. The van der Waals surface area contributed by atoms with Crippen molar-refractivity contribution >= 4 is 11.3 Å². The lowest BCUT2D eigenvalue weighted by atomic mass is 10.3. The van der Waals surface area contributed by atoms with Crippen LogP contribution in [0.3, 0.4) is 0 Å². The number of nitrogens with one attached hydrogen (secondary N) is 1. The minimum Gasteiger partial charge on any atom is -0.313 e. The molecule has 0 radical (unpaired) electrons. The summed E-state index contributed by atoms with van der Waals surface area (Å²) in [6.07, 6.45) is 0. The van der Waals surface area contributed by atoms with Gasteiger partial charge in [-0.3, -0.25) is 0 Å². The van der Waals surface area contributed by atoms with Crippen LogP contribution in [-0.2, 0) is 6.54 Å². The standard InChI is InChI=1S/C8H13NS/c1-3-9-6-8-4-5-10-7(8)2/h4-5,9H,3,6H2,1-2H3. The van der Waals surface area contributed by atoms with Crippen molar-refractivity contribution in [3.63, 3.8) is 0 Å². The summed E-state index contributed by atoms with van der Waals surface area (Å²) in [4.78, 5) is 1.43. The van der Waals surface area contributed by atoms with E-state index in [4.69, 9.17) is 0 Å². The van der Waals surface area contributed by atoms with E-state index in [1.807, 2.05) is 11.3 Å². The maximum absolute atomic E-state index is 3.30. The Bertz CT molecular complexity index is 193. The van der Waals surface area contributed by atoms with Gasteiger partial charge in [-0.25, -0.2) is 0 Å². The van der Waals surface area contributed by atoms with Gasteiger partial charge in [-0.2, -0.15) is 0 Å². The van der Waals surface area contributed by atoms with Gasteiger partial charge in [0, 0.05) is 11.4 Å². The van der Waals surface area contributed by atoms with Crippen LogP contribution in [0.5, 0.6) is 0 Å². The van der Waals surface area contributed by atoms with Gasteiger partial charge >= 0.3 is 0 Å². The molecule has 0 aliphatic heterocycles. The molecule has 1 rings (SSSR count). The summed E-state index contributed by atoms with van der Waals surface area (Å²) in [7, 11) is 0. The Morgan fingerprint density at radius 3 is 2.90 bits per heavy atom. The number of hydrogen-bond donors (Lipinski definition) is 1. The van der Waals surface area contributed by atoms with Gasteiger partial charge in [0.25, 0.3) is 0 Å². The van der Waals surface area contributed by atoms with Gasteiger partial charge in [0.15, 0.2) is 0 Å². The average Bonchev–Trinajstić information content (AvgIpc) is 2.31. The predicted molar refractivity (Wildman–Crippen MR) is 46.4 cm³/mol. The molecule has 56 valence electrons. The molecule has 0 aliphatic rings. The van der Waals surface area contributed by atoms with Crippen molar-refractivity contribution in [2.75, 3.05) is 6.54 Å². The first-order valence-electron chi connectivity index (χ1n) is 3.58. The summed E-state index contributed by atoms with van der Waals surface area (Å²) in [5.41, 5.74) is 1.44. The molecule has 0 fully saturated rings. The zero-order chi connectivity index (χ0) is 7.40. The normalized spacial score (nSPS) is 10.2. The van der Waals surface area contributed by atoms with Crippen molar-refractivity contribution in [1.82, 2.24) is 5.32 Å². The van der Waals surface area contributed by atoms with Crippen LogP contribution in [0.4, 0.5) is 0 Å². The molecule has 1 N–H and O–H groups in total. The minimum atomic E-state index is 1.02. The van der Waals surface area contributed by atoms with Crippen LogP contribution in [0.15, 0.2) is 11.4 Å². The van der Waals surface area contributed by atoms with Crippen molar-refractivity contribution in [2.45, 2.75) is 20.4 Å². The molecule has 0 aromatic carbocycles. The largest absolute Gasteiger partial charge is 0.313 e. The van der Waals surface area contributed by atoms with E-state index in [9.17, 15) is 0 Å². The lowest BCUT2D eigenvalue weighted by molar-refractivity contribution is 0.726. The highest BCUT2D eigenvalue weighted by molar-refractivity contribution is 7.10. The second-order valence-corrected chi connectivity index (χ2v) is 3.40. The molecule has 2 heteroatoms. The highest BCUT2D eigenvalue weighted by Crippen LogP contribution is 2.13. The zero-order valence-electron chi connectivity index (χ0n) is 6.48. The molecule has 0 unspecified atom stereocenters. The van der Waals surface area contributed by atoms with Gasteiger partial charge in [-0.1, -0.05) is 6.92 Å². The Morgan fingerprint density at radius 1 is 1.60 bits per heavy atom. The van der Waals surface area contributed by atoms with E-state index in [0.717, 1.165) is 13.1 Å². The molecule has 0 aliphatic carbocycles. The maximum atomic E-state index is 3.30. The minimum absolute atomic E-state index is 1.02. The summed E-state index contributed by atoms with van der Waals surface area (Å²) < 4.78 is 0. The SMILES string of the molecule is CCNCc1ccsc1C. The highest BCUT2D eigenvalue weighted by Gasteiger charge is 1.95. The molecule has 0 bridgehead atoms. The molecular formula is C8H13NS. The summed E-state index contributed by atoms with van der Waals surface area (Å²) >= 11 is 1.81. The van der Waals surface area contributed by atoms with Crippen LogP contribution < -0.4 is 5.32 Å².